The van der Waals surface area contributed by atoms with Crippen LogP contribution in [0.15, 0.2) is 47.1 Å². The van der Waals surface area contributed by atoms with Gasteiger partial charge in [-0.3, -0.25) is 4.79 Å². The fraction of sp³-hybridized carbons (Fsp3) is 0.267. The monoisotopic (exact) mass is 259 g/mol. The fourth-order valence-electron chi connectivity index (χ4n) is 1.89. The summed E-state index contributed by atoms with van der Waals surface area (Å²) in [7, 11) is 1.97. The maximum atomic E-state index is 11.9. The van der Waals surface area contributed by atoms with Gasteiger partial charge in [-0.1, -0.05) is 17.7 Å². The fourth-order valence-corrected chi connectivity index (χ4v) is 1.89. The Morgan fingerprint density at radius 2 is 2.00 bits per heavy atom. The molecule has 1 aromatic carbocycles. The molecular weight excluding hydrogens is 240 g/mol. The third-order valence-electron chi connectivity index (χ3n) is 2.85. The van der Waals surface area contributed by atoms with Crippen molar-refractivity contribution in [3.63, 3.8) is 0 Å². The molecule has 0 saturated carbocycles. The van der Waals surface area contributed by atoms with Gasteiger partial charge >= 0.3 is 0 Å². The Kier molecular flexibility index (Phi) is 4.36. The van der Waals surface area contributed by atoms with Gasteiger partial charge in [-0.15, -0.1) is 0 Å². The van der Waals surface area contributed by atoms with Gasteiger partial charge in [0, 0.05) is 5.69 Å². The van der Waals surface area contributed by atoms with Crippen molar-refractivity contribution in [3.05, 3.63) is 54.0 Å². The molecular formula is C15H19N2O2+. The van der Waals surface area contributed by atoms with Crippen LogP contribution >= 0.6 is 0 Å². The van der Waals surface area contributed by atoms with Gasteiger partial charge in [0.15, 0.2) is 12.3 Å². The van der Waals surface area contributed by atoms with E-state index in [9.17, 15) is 4.79 Å². The van der Waals surface area contributed by atoms with E-state index >= 15 is 0 Å². The van der Waals surface area contributed by atoms with Crippen LogP contribution in [0.3, 0.4) is 0 Å². The summed E-state index contributed by atoms with van der Waals surface area (Å²) in [4.78, 5) is 13.0. The lowest BCUT2D eigenvalue weighted by Gasteiger charge is -2.12. The summed E-state index contributed by atoms with van der Waals surface area (Å²) in [5.74, 6) is 0.897. The van der Waals surface area contributed by atoms with Crippen molar-refractivity contribution in [2.45, 2.75) is 13.5 Å². The van der Waals surface area contributed by atoms with Gasteiger partial charge in [-0.2, -0.15) is 0 Å². The highest BCUT2D eigenvalue weighted by Gasteiger charge is 2.11. The number of likely N-dealkylation sites (N-methyl/N-ethyl adjacent to an activating group) is 1. The number of carbonyl (C=O) groups excluding carboxylic acids is 1. The minimum atomic E-state index is 0.00732. The highest BCUT2D eigenvalue weighted by atomic mass is 16.3. The topological polar surface area (TPSA) is 46.7 Å². The SMILES string of the molecule is Cc1ccc(NC(=O)C[NH+](C)Cc2ccco2)cc1. The molecule has 1 unspecified atom stereocenters. The van der Waals surface area contributed by atoms with Crippen molar-refractivity contribution in [1.82, 2.24) is 0 Å². The average Bonchev–Trinajstić information content (AvgIpc) is 2.84. The average molecular weight is 259 g/mol. The zero-order valence-corrected chi connectivity index (χ0v) is 11.3. The molecule has 1 atom stereocenters. The highest BCUT2D eigenvalue weighted by Crippen LogP contribution is 2.07. The Hall–Kier alpha value is -2.07. The van der Waals surface area contributed by atoms with Crippen LogP contribution in [0.25, 0.3) is 0 Å². The lowest BCUT2D eigenvalue weighted by Crippen LogP contribution is -3.08. The van der Waals surface area contributed by atoms with Crippen molar-refractivity contribution in [1.29, 1.82) is 0 Å². The Morgan fingerprint density at radius 1 is 1.26 bits per heavy atom. The predicted octanol–water partition coefficient (Wildman–Crippen LogP) is 1.24. The van der Waals surface area contributed by atoms with Crippen LogP contribution in [-0.2, 0) is 11.3 Å². The van der Waals surface area contributed by atoms with E-state index in [-0.39, 0.29) is 5.91 Å². The van der Waals surface area contributed by atoms with Gasteiger partial charge in [0.1, 0.15) is 6.54 Å². The first-order chi connectivity index (χ1) is 9.13. The summed E-state index contributed by atoms with van der Waals surface area (Å²) in [6.45, 7) is 3.13. The molecule has 1 heterocycles. The number of hydrogen-bond acceptors (Lipinski definition) is 2. The quantitative estimate of drug-likeness (QED) is 0.848. The minimum Gasteiger partial charge on any atom is -0.463 e. The van der Waals surface area contributed by atoms with Crippen LogP contribution in [0.5, 0.6) is 0 Å². The van der Waals surface area contributed by atoms with Crippen LogP contribution in [0.1, 0.15) is 11.3 Å². The molecule has 0 saturated heterocycles. The molecule has 2 aromatic rings. The summed E-state index contributed by atoms with van der Waals surface area (Å²) < 4.78 is 5.26. The molecule has 0 spiro atoms. The van der Waals surface area contributed by atoms with E-state index in [1.807, 2.05) is 50.4 Å². The molecule has 100 valence electrons. The molecule has 1 aromatic heterocycles. The predicted molar refractivity (Wildman–Crippen MR) is 74.0 cm³/mol. The normalized spacial score (nSPS) is 12.1. The van der Waals surface area contributed by atoms with Gasteiger partial charge in [0.25, 0.3) is 5.91 Å². The Bertz CT molecular complexity index is 518. The van der Waals surface area contributed by atoms with Gasteiger partial charge in [-0.05, 0) is 31.2 Å². The van der Waals surface area contributed by atoms with E-state index in [2.05, 4.69) is 5.32 Å². The standard InChI is InChI=1S/C15H18N2O2/c1-12-5-7-13(8-6-12)16-15(18)11-17(2)10-14-4-3-9-19-14/h3-9H,10-11H2,1-2H3,(H,16,18)/p+1. The second kappa shape index (κ2) is 6.20. The van der Waals surface area contributed by atoms with Crippen LogP contribution in [-0.4, -0.2) is 19.5 Å². The molecule has 2 rings (SSSR count). The number of hydrogen-bond donors (Lipinski definition) is 2. The van der Waals surface area contributed by atoms with Crippen molar-refractivity contribution < 1.29 is 14.1 Å². The van der Waals surface area contributed by atoms with E-state index < -0.39 is 0 Å². The Morgan fingerprint density at radius 3 is 2.63 bits per heavy atom. The van der Waals surface area contributed by atoms with Crippen LogP contribution in [0.4, 0.5) is 5.69 Å². The third kappa shape index (κ3) is 4.26. The van der Waals surface area contributed by atoms with E-state index in [4.69, 9.17) is 4.42 Å². The molecule has 4 heteroatoms. The number of anilines is 1. The summed E-state index contributed by atoms with van der Waals surface area (Å²) >= 11 is 0. The van der Waals surface area contributed by atoms with E-state index in [0.717, 1.165) is 16.3 Å². The maximum Gasteiger partial charge on any atom is 0.279 e. The van der Waals surface area contributed by atoms with Crippen molar-refractivity contribution >= 4 is 11.6 Å². The maximum absolute atomic E-state index is 11.9. The lowest BCUT2D eigenvalue weighted by atomic mass is 10.2. The molecule has 0 radical (unpaired) electrons. The third-order valence-corrected chi connectivity index (χ3v) is 2.85. The van der Waals surface area contributed by atoms with Crippen molar-refractivity contribution in [3.8, 4) is 0 Å². The number of aryl methyl sites for hydroxylation is 1. The first-order valence-corrected chi connectivity index (χ1v) is 6.33. The molecule has 19 heavy (non-hydrogen) atoms. The summed E-state index contributed by atoms with van der Waals surface area (Å²) in [5.41, 5.74) is 2.01. The number of nitrogens with one attached hydrogen (secondary N) is 2. The second-order valence-corrected chi connectivity index (χ2v) is 4.80. The molecule has 2 N–H and O–H groups in total. The number of furan rings is 1. The smallest absolute Gasteiger partial charge is 0.279 e. The van der Waals surface area contributed by atoms with Gasteiger partial charge in [0.05, 0.1) is 13.3 Å². The largest absolute Gasteiger partial charge is 0.463 e. The molecule has 1 amide bonds. The van der Waals surface area contributed by atoms with E-state index in [1.54, 1.807) is 6.26 Å². The Balaban J connectivity index is 1.82. The Labute approximate surface area is 113 Å². The van der Waals surface area contributed by atoms with Crippen LogP contribution in [0, 0.1) is 6.92 Å². The lowest BCUT2D eigenvalue weighted by molar-refractivity contribution is -0.886. The summed E-state index contributed by atoms with van der Waals surface area (Å²) in [5, 5.41) is 2.89. The number of amides is 1. The number of benzene rings is 1. The zero-order valence-electron chi connectivity index (χ0n) is 11.3. The zero-order chi connectivity index (χ0) is 13.7. The summed E-state index contributed by atoms with van der Waals surface area (Å²) in [6.07, 6.45) is 1.65. The molecule has 0 bridgehead atoms. The van der Waals surface area contributed by atoms with Crippen LogP contribution < -0.4 is 10.2 Å². The van der Waals surface area contributed by atoms with Gasteiger partial charge < -0.3 is 14.6 Å². The summed E-state index contributed by atoms with van der Waals surface area (Å²) in [6, 6.07) is 11.6. The van der Waals surface area contributed by atoms with Crippen molar-refractivity contribution in [2.24, 2.45) is 0 Å². The van der Waals surface area contributed by atoms with Crippen molar-refractivity contribution in [2.75, 3.05) is 18.9 Å². The van der Waals surface area contributed by atoms with Gasteiger partial charge in [-0.25, -0.2) is 0 Å². The molecule has 0 aliphatic carbocycles. The first-order valence-electron chi connectivity index (χ1n) is 6.33. The van der Waals surface area contributed by atoms with Crippen LogP contribution in [0.2, 0.25) is 0 Å². The molecule has 4 nitrogen and oxygen atoms in total. The van der Waals surface area contributed by atoms with E-state index in [1.165, 1.54) is 5.56 Å². The van der Waals surface area contributed by atoms with Gasteiger partial charge in [0.2, 0.25) is 0 Å². The molecule has 0 fully saturated rings. The first kappa shape index (κ1) is 13.4. The number of rotatable bonds is 5. The number of carbonyl (C=O) groups is 1. The highest BCUT2D eigenvalue weighted by molar-refractivity contribution is 5.91. The minimum absolute atomic E-state index is 0.00732. The molecule has 0 aliphatic heterocycles. The van der Waals surface area contributed by atoms with E-state index in [0.29, 0.717) is 13.1 Å². The second-order valence-electron chi connectivity index (χ2n) is 4.80. The number of quaternary nitrogens is 1. The molecule has 0 aliphatic rings.